The first-order chi connectivity index (χ1) is 10.6. The molecule has 2 aromatic heterocycles. The predicted octanol–water partition coefficient (Wildman–Crippen LogP) is 3.77. The molecule has 0 unspecified atom stereocenters. The molecule has 1 aromatic carbocycles. The van der Waals surface area contributed by atoms with E-state index in [2.05, 4.69) is 23.4 Å². The maximum absolute atomic E-state index is 12.6. The summed E-state index contributed by atoms with van der Waals surface area (Å²) in [4.78, 5) is 17.0. The van der Waals surface area contributed by atoms with E-state index >= 15 is 0 Å². The van der Waals surface area contributed by atoms with Crippen molar-refractivity contribution in [2.24, 2.45) is 7.05 Å². The number of imidazole rings is 1. The Bertz CT molecular complexity index is 811. The SMILES string of the molecule is CC(C)c1nccn1CCC(=O)c1cn(C)c2ccccc12. The van der Waals surface area contributed by atoms with E-state index in [9.17, 15) is 4.79 Å². The third-order valence-corrected chi connectivity index (χ3v) is 4.04. The zero-order chi connectivity index (χ0) is 15.7. The summed E-state index contributed by atoms with van der Waals surface area (Å²) in [7, 11) is 1.98. The minimum atomic E-state index is 0.181. The quantitative estimate of drug-likeness (QED) is 0.672. The molecular weight excluding hydrogens is 274 g/mol. The third-order valence-electron chi connectivity index (χ3n) is 4.04. The minimum absolute atomic E-state index is 0.181. The van der Waals surface area contributed by atoms with Crippen molar-refractivity contribution in [2.75, 3.05) is 0 Å². The summed E-state index contributed by atoms with van der Waals surface area (Å²) in [6.45, 7) is 4.91. The fraction of sp³-hybridized carbons (Fsp3) is 0.333. The van der Waals surface area contributed by atoms with Gasteiger partial charge in [-0.1, -0.05) is 32.0 Å². The molecule has 0 amide bonds. The molecule has 0 aliphatic heterocycles. The fourth-order valence-electron chi connectivity index (χ4n) is 2.93. The molecule has 0 aliphatic carbocycles. The Morgan fingerprint density at radius 2 is 2.05 bits per heavy atom. The van der Waals surface area contributed by atoms with Crippen LogP contribution >= 0.6 is 0 Å². The molecule has 0 N–H and O–H groups in total. The highest BCUT2D eigenvalue weighted by Crippen LogP contribution is 2.22. The zero-order valence-corrected chi connectivity index (χ0v) is 13.3. The second-order valence-electron chi connectivity index (χ2n) is 5.98. The Morgan fingerprint density at radius 3 is 2.82 bits per heavy atom. The lowest BCUT2D eigenvalue weighted by atomic mass is 10.1. The number of carbonyl (C=O) groups excluding carboxylic acids is 1. The van der Waals surface area contributed by atoms with E-state index in [0.717, 1.165) is 22.3 Å². The van der Waals surface area contributed by atoms with Gasteiger partial charge in [-0.15, -0.1) is 0 Å². The Morgan fingerprint density at radius 1 is 1.27 bits per heavy atom. The van der Waals surface area contributed by atoms with Gasteiger partial charge in [0.15, 0.2) is 5.78 Å². The van der Waals surface area contributed by atoms with E-state index in [4.69, 9.17) is 0 Å². The summed E-state index contributed by atoms with van der Waals surface area (Å²) in [5.74, 6) is 1.58. The molecule has 22 heavy (non-hydrogen) atoms. The Kier molecular flexibility index (Phi) is 3.84. The smallest absolute Gasteiger partial charge is 0.166 e. The van der Waals surface area contributed by atoms with E-state index < -0.39 is 0 Å². The van der Waals surface area contributed by atoms with Crippen molar-refractivity contribution < 1.29 is 4.79 Å². The Labute approximate surface area is 130 Å². The number of benzene rings is 1. The number of hydrogen-bond acceptors (Lipinski definition) is 2. The van der Waals surface area contributed by atoms with Crippen LogP contribution in [-0.2, 0) is 13.6 Å². The molecule has 0 saturated carbocycles. The van der Waals surface area contributed by atoms with Gasteiger partial charge in [-0.25, -0.2) is 4.98 Å². The molecule has 3 aromatic rings. The highest BCUT2D eigenvalue weighted by molar-refractivity contribution is 6.08. The lowest BCUT2D eigenvalue weighted by Crippen LogP contribution is -2.09. The average molecular weight is 295 g/mol. The van der Waals surface area contributed by atoms with Gasteiger partial charge in [-0.3, -0.25) is 4.79 Å². The first-order valence-electron chi connectivity index (χ1n) is 7.66. The van der Waals surface area contributed by atoms with E-state index in [0.29, 0.717) is 18.9 Å². The van der Waals surface area contributed by atoms with Crippen molar-refractivity contribution >= 4 is 16.7 Å². The van der Waals surface area contributed by atoms with Crippen LogP contribution in [0.25, 0.3) is 10.9 Å². The van der Waals surface area contributed by atoms with Gasteiger partial charge in [0, 0.05) is 61.0 Å². The minimum Gasteiger partial charge on any atom is -0.350 e. The molecular formula is C18H21N3O. The molecule has 0 radical (unpaired) electrons. The molecule has 0 bridgehead atoms. The van der Waals surface area contributed by atoms with Crippen molar-refractivity contribution in [2.45, 2.75) is 32.7 Å². The van der Waals surface area contributed by atoms with Crippen LogP contribution in [-0.4, -0.2) is 19.9 Å². The van der Waals surface area contributed by atoms with Crippen LogP contribution in [0.3, 0.4) is 0 Å². The summed E-state index contributed by atoms with van der Waals surface area (Å²) in [6.07, 6.45) is 6.18. The molecule has 0 saturated heterocycles. The number of nitrogens with zero attached hydrogens (tertiary/aromatic N) is 3. The van der Waals surface area contributed by atoms with Gasteiger partial charge >= 0.3 is 0 Å². The van der Waals surface area contributed by atoms with Gasteiger partial charge in [0.1, 0.15) is 5.82 Å². The van der Waals surface area contributed by atoms with Crippen LogP contribution in [0.2, 0.25) is 0 Å². The van der Waals surface area contributed by atoms with Gasteiger partial charge in [0.2, 0.25) is 0 Å². The summed E-state index contributed by atoms with van der Waals surface area (Å²) < 4.78 is 4.09. The topological polar surface area (TPSA) is 39.8 Å². The van der Waals surface area contributed by atoms with Crippen molar-refractivity contribution in [3.8, 4) is 0 Å². The first-order valence-corrected chi connectivity index (χ1v) is 7.66. The normalized spacial score (nSPS) is 11.5. The van der Waals surface area contributed by atoms with Crippen LogP contribution in [0.1, 0.15) is 42.4 Å². The van der Waals surface area contributed by atoms with Crippen molar-refractivity contribution in [3.63, 3.8) is 0 Å². The van der Waals surface area contributed by atoms with Gasteiger partial charge in [-0.2, -0.15) is 0 Å². The fourth-order valence-corrected chi connectivity index (χ4v) is 2.93. The zero-order valence-electron chi connectivity index (χ0n) is 13.3. The Hall–Kier alpha value is -2.36. The van der Waals surface area contributed by atoms with Gasteiger partial charge in [-0.05, 0) is 6.07 Å². The average Bonchev–Trinajstić information content (AvgIpc) is 3.10. The summed E-state index contributed by atoms with van der Waals surface area (Å²) in [6, 6.07) is 8.03. The van der Waals surface area contributed by atoms with E-state index in [1.807, 2.05) is 48.3 Å². The third kappa shape index (κ3) is 2.56. The summed E-state index contributed by atoms with van der Waals surface area (Å²) in [5.41, 5.74) is 1.90. The number of para-hydroxylation sites is 1. The molecule has 2 heterocycles. The number of aromatic nitrogens is 3. The first kappa shape index (κ1) is 14.6. The van der Waals surface area contributed by atoms with Crippen molar-refractivity contribution in [1.82, 2.24) is 14.1 Å². The largest absolute Gasteiger partial charge is 0.350 e. The molecule has 0 fully saturated rings. The summed E-state index contributed by atoms with van der Waals surface area (Å²) >= 11 is 0. The highest BCUT2D eigenvalue weighted by atomic mass is 16.1. The van der Waals surface area contributed by atoms with Crippen molar-refractivity contribution in [3.05, 3.63) is 54.2 Å². The molecule has 0 spiro atoms. The van der Waals surface area contributed by atoms with Crippen LogP contribution < -0.4 is 0 Å². The van der Waals surface area contributed by atoms with E-state index in [1.54, 1.807) is 6.20 Å². The maximum atomic E-state index is 12.6. The number of ketones is 1. The molecule has 3 rings (SSSR count). The molecule has 0 aliphatic rings. The number of fused-ring (bicyclic) bond motifs is 1. The van der Waals surface area contributed by atoms with Crippen LogP contribution in [0.15, 0.2) is 42.9 Å². The highest BCUT2D eigenvalue weighted by Gasteiger charge is 2.14. The van der Waals surface area contributed by atoms with E-state index in [1.165, 1.54) is 0 Å². The van der Waals surface area contributed by atoms with Crippen LogP contribution in [0.4, 0.5) is 0 Å². The molecule has 0 atom stereocenters. The van der Waals surface area contributed by atoms with Crippen LogP contribution in [0, 0.1) is 0 Å². The summed E-state index contributed by atoms with van der Waals surface area (Å²) in [5, 5.41) is 1.03. The lowest BCUT2D eigenvalue weighted by molar-refractivity contribution is 0.0978. The standard InChI is InChI=1S/C18H21N3O/c1-13(2)18-19-9-11-21(18)10-8-17(22)15-12-20(3)16-7-5-4-6-14(15)16/h4-7,9,11-13H,8,10H2,1-3H3. The molecule has 4 nitrogen and oxygen atoms in total. The second kappa shape index (κ2) is 5.79. The molecule has 114 valence electrons. The predicted molar refractivity (Wildman–Crippen MR) is 88.2 cm³/mol. The number of rotatable bonds is 5. The van der Waals surface area contributed by atoms with Gasteiger partial charge in [0.05, 0.1) is 0 Å². The van der Waals surface area contributed by atoms with E-state index in [-0.39, 0.29) is 5.78 Å². The maximum Gasteiger partial charge on any atom is 0.166 e. The van der Waals surface area contributed by atoms with Crippen LogP contribution in [0.5, 0.6) is 0 Å². The number of carbonyl (C=O) groups is 1. The number of hydrogen-bond donors (Lipinski definition) is 0. The monoisotopic (exact) mass is 295 g/mol. The van der Waals surface area contributed by atoms with Gasteiger partial charge < -0.3 is 9.13 Å². The molecule has 4 heteroatoms. The second-order valence-corrected chi connectivity index (χ2v) is 5.98. The van der Waals surface area contributed by atoms with Gasteiger partial charge in [0.25, 0.3) is 0 Å². The number of Topliss-reactive ketones (excluding diaryl/α,β-unsaturated/α-hetero) is 1. The van der Waals surface area contributed by atoms with Crippen molar-refractivity contribution in [1.29, 1.82) is 0 Å². The lowest BCUT2D eigenvalue weighted by Gasteiger charge is -2.09. The number of aryl methyl sites for hydroxylation is 2. The Balaban J connectivity index is 1.81.